The molecule has 0 saturated carbocycles. The molecule has 0 unspecified atom stereocenters. The summed E-state index contributed by atoms with van der Waals surface area (Å²) in [4.78, 5) is 26.2. The third-order valence-corrected chi connectivity index (χ3v) is 4.99. The van der Waals surface area contributed by atoms with Gasteiger partial charge in [0.2, 0.25) is 5.95 Å². The molecule has 3 aromatic rings. The van der Waals surface area contributed by atoms with Crippen LogP contribution in [0, 0.1) is 0 Å². The molecule has 2 aromatic heterocycles. The number of H-pyrrole nitrogens is 1. The Balaban J connectivity index is 1.71. The van der Waals surface area contributed by atoms with Gasteiger partial charge >= 0.3 is 0 Å². The Morgan fingerprint density at radius 3 is 2.63 bits per heavy atom. The van der Waals surface area contributed by atoms with E-state index in [1.54, 1.807) is 37.6 Å². The Hall–Kier alpha value is -3.59. The average molecular weight is 409 g/mol. The number of methoxy groups -OCH3 is 2. The minimum Gasteiger partial charge on any atom is -0.493 e. The molecule has 1 aromatic carbocycles. The Morgan fingerprint density at radius 2 is 1.90 bits per heavy atom. The largest absolute Gasteiger partial charge is 0.493 e. The summed E-state index contributed by atoms with van der Waals surface area (Å²) in [5.41, 5.74) is 9.31. The number of hydrogen-bond donors (Lipinski definition) is 2. The third-order valence-electron chi connectivity index (χ3n) is 4.99. The molecule has 9 heteroatoms. The van der Waals surface area contributed by atoms with E-state index in [0.29, 0.717) is 49.2 Å². The zero-order valence-corrected chi connectivity index (χ0v) is 16.8. The van der Waals surface area contributed by atoms with Gasteiger partial charge in [-0.2, -0.15) is 0 Å². The predicted molar refractivity (Wildman–Crippen MR) is 111 cm³/mol. The summed E-state index contributed by atoms with van der Waals surface area (Å²) in [5.74, 6) is 1.30. The van der Waals surface area contributed by atoms with Crippen molar-refractivity contribution in [2.45, 2.75) is 0 Å². The first-order valence-electron chi connectivity index (χ1n) is 9.51. The van der Waals surface area contributed by atoms with E-state index in [0.717, 1.165) is 16.7 Å². The second-order valence-electron chi connectivity index (χ2n) is 6.77. The van der Waals surface area contributed by atoms with Gasteiger partial charge in [0.25, 0.3) is 5.91 Å². The predicted octanol–water partition coefficient (Wildman–Crippen LogP) is 2.21. The molecule has 30 heavy (non-hydrogen) atoms. The van der Waals surface area contributed by atoms with Gasteiger partial charge in [-0.25, -0.2) is 9.97 Å². The number of anilines is 1. The fraction of sp³-hybridized carbons (Fsp3) is 0.286. The van der Waals surface area contributed by atoms with Gasteiger partial charge in [-0.3, -0.25) is 4.79 Å². The van der Waals surface area contributed by atoms with Crippen LogP contribution in [0.5, 0.6) is 11.5 Å². The van der Waals surface area contributed by atoms with Gasteiger partial charge in [-0.1, -0.05) is 6.07 Å². The van der Waals surface area contributed by atoms with Crippen molar-refractivity contribution in [2.24, 2.45) is 0 Å². The van der Waals surface area contributed by atoms with Crippen LogP contribution in [0.1, 0.15) is 10.5 Å². The number of amides is 1. The Morgan fingerprint density at radius 1 is 1.13 bits per heavy atom. The quantitative estimate of drug-likeness (QED) is 0.664. The molecular weight excluding hydrogens is 386 g/mol. The number of hydrogen-bond acceptors (Lipinski definition) is 7. The fourth-order valence-electron chi connectivity index (χ4n) is 3.42. The molecule has 1 aliphatic heterocycles. The van der Waals surface area contributed by atoms with Crippen LogP contribution in [0.2, 0.25) is 0 Å². The second-order valence-corrected chi connectivity index (χ2v) is 6.77. The summed E-state index contributed by atoms with van der Waals surface area (Å²) < 4.78 is 16.0. The lowest BCUT2D eigenvalue weighted by Crippen LogP contribution is -2.40. The SMILES string of the molecule is COc1ccc(-c2cnc(N)nc2-c2c[nH]c(C(=O)N3CCOCC3)c2)cc1OC. The molecule has 1 aliphatic rings. The maximum Gasteiger partial charge on any atom is 0.270 e. The Labute approximate surface area is 173 Å². The number of nitrogens with two attached hydrogens (primary N) is 1. The number of nitrogen functional groups attached to an aromatic ring is 1. The van der Waals surface area contributed by atoms with Crippen molar-refractivity contribution in [1.29, 1.82) is 0 Å². The standard InChI is InChI=1S/C21H23N5O4/c1-28-17-4-3-13(10-18(17)29-2)15-12-24-21(22)25-19(15)14-9-16(23-11-14)20(27)26-5-7-30-8-6-26/h3-4,9-12,23H,5-8H2,1-2H3,(H2,22,24,25). The number of nitrogens with one attached hydrogen (secondary N) is 1. The molecule has 0 spiro atoms. The highest BCUT2D eigenvalue weighted by Gasteiger charge is 2.21. The van der Waals surface area contributed by atoms with E-state index in [1.807, 2.05) is 18.2 Å². The van der Waals surface area contributed by atoms with Crippen LogP contribution in [-0.2, 0) is 4.74 Å². The molecule has 1 saturated heterocycles. The summed E-state index contributed by atoms with van der Waals surface area (Å²) in [6.45, 7) is 2.24. The van der Waals surface area contributed by atoms with E-state index in [1.165, 1.54) is 0 Å². The Kier molecular flexibility index (Phi) is 5.53. The van der Waals surface area contributed by atoms with Gasteiger partial charge in [0.15, 0.2) is 11.5 Å². The molecular formula is C21H23N5O4. The first-order chi connectivity index (χ1) is 14.6. The second kappa shape index (κ2) is 8.42. The van der Waals surface area contributed by atoms with Crippen molar-refractivity contribution in [3.8, 4) is 33.9 Å². The summed E-state index contributed by atoms with van der Waals surface area (Å²) in [6.07, 6.45) is 3.41. The van der Waals surface area contributed by atoms with E-state index in [-0.39, 0.29) is 11.9 Å². The van der Waals surface area contributed by atoms with Crippen molar-refractivity contribution in [3.05, 3.63) is 42.4 Å². The van der Waals surface area contributed by atoms with Gasteiger partial charge in [0.1, 0.15) is 5.69 Å². The van der Waals surface area contributed by atoms with Crippen LogP contribution >= 0.6 is 0 Å². The first-order valence-corrected chi connectivity index (χ1v) is 9.51. The number of aromatic amines is 1. The van der Waals surface area contributed by atoms with Gasteiger partial charge in [0.05, 0.1) is 33.1 Å². The van der Waals surface area contributed by atoms with E-state index in [2.05, 4.69) is 15.0 Å². The van der Waals surface area contributed by atoms with Gasteiger partial charge in [-0.15, -0.1) is 0 Å². The maximum absolute atomic E-state index is 12.8. The number of benzene rings is 1. The molecule has 9 nitrogen and oxygen atoms in total. The zero-order chi connectivity index (χ0) is 21.1. The van der Waals surface area contributed by atoms with Crippen LogP contribution in [0.25, 0.3) is 22.4 Å². The van der Waals surface area contributed by atoms with E-state index >= 15 is 0 Å². The summed E-state index contributed by atoms with van der Waals surface area (Å²) in [5, 5.41) is 0. The average Bonchev–Trinajstić information content (AvgIpc) is 3.29. The fourth-order valence-corrected chi connectivity index (χ4v) is 3.42. The minimum absolute atomic E-state index is 0.0701. The topological polar surface area (TPSA) is 116 Å². The third kappa shape index (κ3) is 3.79. The van der Waals surface area contributed by atoms with E-state index < -0.39 is 0 Å². The lowest BCUT2D eigenvalue weighted by atomic mass is 10.0. The number of aromatic nitrogens is 3. The van der Waals surface area contributed by atoms with Crippen molar-refractivity contribution in [2.75, 3.05) is 46.3 Å². The number of carbonyl (C=O) groups is 1. The number of carbonyl (C=O) groups excluding carboxylic acids is 1. The van der Waals surface area contributed by atoms with Crippen molar-refractivity contribution >= 4 is 11.9 Å². The van der Waals surface area contributed by atoms with Crippen molar-refractivity contribution < 1.29 is 19.0 Å². The number of morpholine rings is 1. The Bertz CT molecular complexity index is 1060. The van der Waals surface area contributed by atoms with E-state index in [4.69, 9.17) is 19.9 Å². The molecule has 0 aliphatic carbocycles. The lowest BCUT2D eigenvalue weighted by Gasteiger charge is -2.26. The number of nitrogens with zero attached hydrogens (tertiary/aromatic N) is 3. The van der Waals surface area contributed by atoms with Gasteiger partial charge < -0.3 is 29.8 Å². The molecule has 1 fully saturated rings. The van der Waals surface area contributed by atoms with E-state index in [9.17, 15) is 4.79 Å². The minimum atomic E-state index is -0.0701. The monoisotopic (exact) mass is 409 g/mol. The summed E-state index contributed by atoms with van der Waals surface area (Å²) in [6, 6.07) is 7.35. The molecule has 4 rings (SSSR count). The number of rotatable bonds is 5. The molecule has 0 radical (unpaired) electrons. The highest BCUT2D eigenvalue weighted by Crippen LogP contribution is 2.36. The molecule has 0 atom stereocenters. The normalized spacial score (nSPS) is 13.9. The first kappa shape index (κ1) is 19.7. The number of ether oxygens (including phenoxy) is 3. The molecule has 156 valence electrons. The molecule has 3 heterocycles. The van der Waals surface area contributed by atoms with Crippen molar-refractivity contribution in [3.63, 3.8) is 0 Å². The molecule has 1 amide bonds. The van der Waals surface area contributed by atoms with Crippen LogP contribution in [0.3, 0.4) is 0 Å². The summed E-state index contributed by atoms with van der Waals surface area (Å²) >= 11 is 0. The van der Waals surface area contributed by atoms with Gasteiger partial charge in [-0.05, 0) is 23.8 Å². The van der Waals surface area contributed by atoms with Gasteiger partial charge in [0, 0.05) is 36.6 Å². The summed E-state index contributed by atoms with van der Waals surface area (Å²) in [7, 11) is 3.17. The van der Waals surface area contributed by atoms with Crippen LogP contribution in [0.4, 0.5) is 5.95 Å². The van der Waals surface area contributed by atoms with Crippen LogP contribution in [0.15, 0.2) is 36.7 Å². The molecule has 3 N–H and O–H groups in total. The highest BCUT2D eigenvalue weighted by molar-refractivity contribution is 5.94. The van der Waals surface area contributed by atoms with Crippen molar-refractivity contribution in [1.82, 2.24) is 19.9 Å². The van der Waals surface area contributed by atoms with Crippen LogP contribution in [-0.4, -0.2) is 66.3 Å². The molecule has 0 bridgehead atoms. The smallest absolute Gasteiger partial charge is 0.270 e. The highest BCUT2D eigenvalue weighted by atomic mass is 16.5. The lowest BCUT2D eigenvalue weighted by molar-refractivity contribution is 0.0299. The van der Waals surface area contributed by atoms with Crippen LogP contribution < -0.4 is 15.2 Å². The maximum atomic E-state index is 12.8. The zero-order valence-electron chi connectivity index (χ0n) is 16.8.